The number of hydrogen-bond donors (Lipinski definition) is 6. The smallest absolute Gasteiger partial charge is 0.317 e. The van der Waals surface area contributed by atoms with Gasteiger partial charge in [0.1, 0.15) is 11.5 Å². The number of carbonyl (C=O) groups is 2. The van der Waals surface area contributed by atoms with Crippen LogP contribution in [0.4, 0.5) is 0 Å². The van der Waals surface area contributed by atoms with E-state index in [4.69, 9.17) is 5.73 Å². The molecule has 162 valence electrons. The number of aromatic hydroxyl groups is 2. The van der Waals surface area contributed by atoms with E-state index in [1.54, 1.807) is 24.3 Å². The van der Waals surface area contributed by atoms with Gasteiger partial charge in [-0.15, -0.1) is 0 Å². The number of rotatable bonds is 10. The minimum absolute atomic E-state index is 0.0126. The third-order valence-corrected chi connectivity index (χ3v) is 5.78. The minimum atomic E-state index is -1.42. The molecule has 0 fully saturated rings. The van der Waals surface area contributed by atoms with E-state index in [0.29, 0.717) is 20.1 Å². The summed E-state index contributed by atoms with van der Waals surface area (Å²) < 4.78 is 1.37. The number of nitrogens with two attached hydrogens (primary N) is 1. The zero-order valence-corrected chi connectivity index (χ0v) is 19.0. The summed E-state index contributed by atoms with van der Waals surface area (Å²) in [5, 5.41) is 41.9. The van der Waals surface area contributed by atoms with Gasteiger partial charge in [0.2, 0.25) is 0 Å². The summed E-state index contributed by atoms with van der Waals surface area (Å²) in [6.07, 6.45) is -0.476. The Morgan fingerprint density at radius 2 is 1.50 bits per heavy atom. The summed E-state index contributed by atoms with van der Waals surface area (Å²) in [6.45, 7) is -0.528. The zero-order valence-electron chi connectivity index (χ0n) is 15.8. The lowest BCUT2D eigenvalue weighted by Crippen LogP contribution is -2.62. The number of carboxylic acids is 2. The molecule has 0 radical (unpaired) electrons. The molecular weight excluding hydrogens is 524 g/mol. The van der Waals surface area contributed by atoms with Crippen LogP contribution in [0.2, 0.25) is 0 Å². The second-order valence-corrected chi connectivity index (χ2v) is 8.84. The lowest BCUT2D eigenvalue weighted by molar-refractivity contribution is -0.141. The molecule has 2 aromatic carbocycles. The number of phenols is 2. The fourth-order valence-corrected chi connectivity index (χ4v) is 4.10. The summed E-state index contributed by atoms with van der Waals surface area (Å²) in [5.74, 6) is -2.44. The van der Waals surface area contributed by atoms with Gasteiger partial charge in [-0.3, -0.25) is 14.9 Å². The van der Waals surface area contributed by atoms with E-state index in [0.717, 1.165) is 0 Å². The Hall–Kier alpha value is -2.14. The summed E-state index contributed by atoms with van der Waals surface area (Å²) in [6, 6.07) is 8.58. The van der Waals surface area contributed by atoms with Gasteiger partial charge < -0.3 is 26.2 Å². The minimum Gasteiger partial charge on any atom is -0.508 e. The number of phenolic OH excluding ortho intramolecular Hbond substituents is 2. The first-order chi connectivity index (χ1) is 14.0. The SMILES string of the molecule is NC(Cc1cc(Br)ccc1O)C(CC(=O)O)(Cc1cc(Br)ccc1O)NCC(=O)O. The Labute approximate surface area is 190 Å². The molecule has 0 saturated heterocycles. The van der Waals surface area contributed by atoms with Gasteiger partial charge in [0.15, 0.2) is 0 Å². The molecule has 0 aromatic heterocycles. The van der Waals surface area contributed by atoms with Crippen LogP contribution in [0.5, 0.6) is 11.5 Å². The van der Waals surface area contributed by atoms with Gasteiger partial charge >= 0.3 is 11.9 Å². The maximum Gasteiger partial charge on any atom is 0.317 e. The maximum atomic E-state index is 11.7. The van der Waals surface area contributed by atoms with E-state index in [9.17, 15) is 30.0 Å². The summed E-state index contributed by atoms with van der Waals surface area (Å²) in [5.41, 5.74) is 5.89. The highest BCUT2D eigenvalue weighted by Crippen LogP contribution is 2.31. The Morgan fingerprint density at radius 1 is 0.967 bits per heavy atom. The van der Waals surface area contributed by atoms with Crippen LogP contribution in [0.25, 0.3) is 0 Å². The van der Waals surface area contributed by atoms with Crippen molar-refractivity contribution in [2.45, 2.75) is 30.8 Å². The highest BCUT2D eigenvalue weighted by atomic mass is 79.9. The molecule has 2 atom stereocenters. The van der Waals surface area contributed by atoms with Crippen molar-refractivity contribution in [1.82, 2.24) is 5.32 Å². The van der Waals surface area contributed by atoms with Crippen molar-refractivity contribution in [3.05, 3.63) is 56.5 Å². The van der Waals surface area contributed by atoms with Crippen molar-refractivity contribution in [3.8, 4) is 11.5 Å². The molecule has 0 heterocycles. The highest BCUT2D eigenvalue weighted by molar-refractivity contribution is 9.10. The quantitative estimate of drug-likeness (QED) is 0.266. The molecule has 0 aliphatic heterocycles. The second kappa shape index (κ2) is 10.3. The molecule has 2 unspecified atom stereocenters. The van der Waals surface area contributed by atoms with E-state index in [1.807, 2.05) is 0 Å². The van der Waals surface area contributed by atoms with Gasteiger partial charge in [-0.05, 0) is 60.4 Å². The predicted octanol–water partition coefficient (Wildman–Crippen LogP) is 2.62. The molecule has 30 heavy (non-hydrogen) atoms. The third-order valence-electron chi connectivity index (χ3n) is 4.80. The Balaban J connectivity index is 2.50. The molecule has 0 saturated carbocycles. The van der Waals surface area contributed by atoms with Crippen LogP contribution in [-0.4, -0.2) is 50.5 Å². The maximum absolute atomic E-state index is 11.7. The van der Waals surface area contributed by atoms with E-state index >= 15 is 0 Å². The number of halogens is 2. The van der Waals surface area contributed by atoms with E-state index in [2.05, 4.69) is 37.2 Å². The van der Waals surface area contributed by atoms with Crippen molar-refractivity contribution in [2.24, 2.45) is 5.73 Å². The Kier molecular flexibility index (Phi) is 8.25. The summed E-state index contributed by atoms with van der Waals surface area (Å²) >= 11 is 6.63. The Bertz CT molecular complexity index is 940. The topological polar surface area (TPSA) is 153 Å². The van der Waals surface area contributed by atoms with E-state index in [1.165, 1.54) is 12.1 Å². The predicted molar refractivity (Wildman–Crippen MR) is 118 cm³/mol. The normalized spacial score (nSPS) is 14.1. The summed E-state index contributed by atoms with van der Waals surface area (Å²) in [7, 11) is 0. The van der Waals surface area contributed by atoms with Crippen LogP contribution < -0.4 is 11.1 Å². The molecule has 0 aliphatic rings. The molecule has 10 heteroatoms. The van der Waals surface area contributed by atoms with Crippen LogP contribution in [0.1, 0.15) is 17.5 Å². The first kappa shape index (κ1) is 24.1. The monoisotopic (exact) mass is 544 g/mol. The van der Waals surface area contributed by atoms with Gasteiger partial charge in [-0.2, -0.15) is 0 Å². The number of aliphatic carboxylic acids is 2. The van der Waals surface area contributed by atoms with Crippen LogP contribution in [0.15, 0.2) is 45.3 Å². The largest absolute Gasteiger partial charge is 0.508 e. The summed E-state index contributed by atoms with van der Waals surface area (Å²) in [4.78, 5) is 22.9. The fraction of sp³-hybridized carbons (Fsp3) is 0.300. The first-order valence-corrected chi connectivity index (χ1v) is 10.5. The van der Waals surface area contributed by atoms with Crippen LogP contribution in [0, 0.1) is 0 Å². The molecule has 0 aliphatic carbocycles. The standard InChI is InChI=1S/C20H22Br2N2O6/c21-13-1-3-15(25)11(5-13)7-17(23)20(9-18(27)28,24-10-19(29)30)8-12-6-14(22)2-4-16(12)26/h1-6,17,24-26H,7-10,23H2,(H,27,28)(H,29,30). The van der Waals surface area contributed by atoms with Gasteiger partial charge in [-0.1, -0.05) is 31.9 Å². The molecular formula is C20H22Br2N2O6. The average molecular weight is 546 g/mol. The second-order valence-electron chi connectivity index (χ2n) is 7.01. The fourth-order valence-electron chi connectivity index (χ4n) is 3.29. The number of benzene rings is 2. The van der Waals surface area contributed by atoms with Gasteiger partial charge in [-0.25, -0.2) is 0 Å². The van der Waals surface area contributed by atoms with Crippen molar-refractivity contribution in [1.29, 1.82) is 0 Å². The average Bonchev–Trinajstić information content (AvgIpc) is 2.65. The van der Waals surface area contributed by atoms with Crippen molar-refractivity contribution in [3.63, 3.8) is 0 Å². The number of hydrogen-bond acceptors (Lipinski definition) is 6. The lowest BCUT2D eigenvalue weighted by atomic mass is 9.78. The molecule has 2 rings (SSSR count). The van der Waals surface area contributed by atoms with Gasteiger partial charge in [0.25, 0.3) is 0 Å². The van der Waals surface area contributed by atoms with Gasteiger partial charge in [0, 0.05) is 20.5 Å². The Morgan fingerprint density at radius 3 is 2.03 bits per heavy atom. The van der Waals surface area contributed by atoms with E-state index < -0.39 is 36.5 Å². The van der Waals surface area contributed by atoms with E-state index in [-0.39, 0.29) is 24.3 Å². The number of carboxylic acid groups (broad SMARTS) is 2. The van der Waals surface area contributed by atoms with Crippen molar-refractivity contribution < 1.29 is 30.0 Å². The van der Waals surface area contributed by atoms with Crippen molar-refractivity contribution in [2.75, 3.05) is 6.54 Å². The zero-order chi connectivity index (χ0) is 22.5. The van der Waals surface area contributed by atoms with Gasteiger partial charge in [0.05, 0.1) is 13.0 Å². The third kappa shape index (κ3) is 6.43. The molecule has 2 aromatic rings. The number of nitrogens with one attached hydrogen (secondary N) is 1. The molecule has 0 spiro atoms. The molecule has 8 nitrogen and oxygen atoms in total. The molecule has 7 N–H and O–H groups in total. The van der Waals surface area contributed by atoms with Crippen LogP contribution in [-0.2, 0) is 22.4 Å². The van der Waals surface area contributed by atoms with Crippen molar-refractivity contribution >= 4 is 43.8 Å². The first-order valence-electron chi connectivity index (χ1n) is 8.91. The lowest BCUT2D eigenvalue weighted by Gasteiger charge is -2.39. The molecule has 0 amide bonds. The molecule has 0 bridgehead atoms. The van der Waals surface area contributed by atoms with Crippen LogP contribution in [0.3, 0.4) is 0 Å². The van der Waals surface area contributed by atoms with Crippen LogP contribution >= 0.6 is 31.9 Å². The highest BCUT2D eigenvalue weighted by Gasteiger charge is 2.40.